The number of rotatable bonds is 8. The molecule has 12 heteroatoms. The number of piperazine rings is 1. The van der Waals surface area contributed by atoms with Gasteiger partial charge in [-0.1, -0.05) is 54.7 Å². The average Bonchev–Trinajstić information content (AvgIpc) is 3.40. The van der Waals surface area contributed by atoms with Crippen LogP contribution in [0.15, 0.2) is 48.9 Å². The van der Waals surface area contributed by atoms with Crippen molar-refractivity contribution in [1.29, 1.82) is 0 Å². The summed E-state index contributed by atoms with van der Waals surface area (Å²) in [6, 6.07) is 0. The van der Waals surface area contributed by atoms with Crippen LogP contribution in [-0.4, -0.2) is 107 Å². The van der Waals surface area contributed by atoms with Crippen LogP contribution < -0.4 is 10.6 Å². The Morgan fingerprint density at radius 3 is 1.44 bits per heavy atom. The van der Waals surface area contributed by atoms with Crippen molar-refractivity contribution in [2.24, 2.45) is 10.8 Å². The maximum absolute atomic E-state index is 12.4. The lowest BCUT2D eigenvalue weighted by Crippen LogP contribution is -2.53. The normalized spacial score (nSPS) is 16.9. The Kier molecular flexibility index (Phi) is 12.0. The molecule has 3 aliphatic rings. The average molecular weight is 599 g/mol. The van der Waals surface area contributed by atoms with E-state index in [0.29, 0.717) is 50.7 Å². The van der Waals surface area contributed by atoms with Gasteiger partial charge < -0.3 is 30.2 Å². The van der Waals surface area contributed by atoms with E-state index in [-0.39, 0.29) is 65.8 Å². The van der Waals surface area contributed by atoms with E-state index in [2.05, 4.69) is 23.8 Å². The highest BCUT2D eigenvalue weighted by Crippen LogP contribution is 2.15. The second-order valence-electron chi connectivity index (χ2n) is 13.1. The molecule has 1 fully saturated rings. The fourth-order valence-corrected chi connectivity index (χ4v) is 4.02. The molecule has 3 heterocycles. The standard InChI is InChI=1S/C19H28N4O4.C12H18N2O2/c1-14-5-6-16(25)23(14)12-18(27)22-9-7-21(8-10-22)17(26)11-15(24)20-13-19(2,3)4;1-9-5-6-11(16)14(9)7-10(15)13-8-12(2,3)4/h5-6H,1,7-13H2,2-4H3,(H,20,24);5-6H,1,7-8H2,2-4H3,(H,13,15). The summed E-state index contributed by atoms with van der Waals surface area (Å²) in [4.78, 5) is 77.0. The molecule has 0 aliphatic carbocycles. The summed E-state index contributed by atoms with van der Waals surface area (Å²) in [5.74, 6) is -1.29. The Morgan fingerprint density at radius 1 is 0.651 bits per heavy atom. The number of carbonyl (C=O) groups excluding carboxylic acids is 6. The van der Waals surface area contributed by atoms with E-state index in [0.717, 1.165) is 0 Å². The lowest BCUT2D eigenvalue weighted by molar-refractivity contribution is -0.143. The summed E-state index contributed by atoms with van der Waals surface area (Å²) in [6.45, 7) is 22.2. The first kappa shape index (κ1) is 35.0. The van der Waals surface area contributed by atoms with Crippen LogP contribution in [-0.2, 0) is 28.8 Å². The van der Waals surface area contributed by atoms with Gasteiger partial charge in [-0.3, -0.25) is 28.8 Å². The van der Waals surface area contributed by atoms with Crippen molar-refractivity contribution in [2.45, 2.75) is 48.0 Å². The summed E-state index contributed by atoms with van der Waals surface area (Å²) in [7, 11) is 0. The monoisotopic (exact) mass is 598 g/mol. The first-order valence-electron chi connectivity index (χ1n) is 14.3. The molecule has 0 saturated carbocycles. The van der Waals surface area contributed by atoms with Gasteiger partial charge in [0.05, 0.1) is 0 Å². The zero-order valence-electron chi connectivity index (χ0n) is 26.3. The second-order valence-corrected chi connectivity index (χ2v) is 13.1. The van der Waals surface area contributed by atoms with Crippen molar-refractivity contribution in [2.75, 3.05) is 52.4 Å². The van der Waals surface area contributed by atoms with Crippen LogP contribution in [0.3, 0.4) is 0 Å². The SMILES string of the molecule is C=C1C=CC(=O)N1CC(=O)N1CCN(C(=O)CC(=O)NCC(C)(C)C)CC1.C=C1C=CC(=O)N1CC(=O)NCC(C)(C)C. The van der Waals surface area contributed by atoms with Gasteiger partial charge in [-0.15, -0.1) is 0 Å². The largest absolute Gasteiger partial charge is 0.355 e. The highest BCUT2D eigenvalue weighted by atomic mass is 16.2. The molecule has 3 rings (SSSR count). The van der Waals surface area contributed by atoms with Crippen molar-refractivity contribution in [3.8, 4) is 0 Å². The molecule has 2 N–H and O–H groups in total. The third kappa shape index (κ3) is 11.9. The van der Waals surface area contributed by atoms with Crippen molar-refractivity contribution in [1.82, 2.24) is 30.2 Å². The van der Waals surface area contributed by atoms with Gasteiger partial charge in [0.25, 0.3) is 11.8 Å². The smallest absolute Gasteiger partial charge is 0.251 e. The molecule has 0 radical (unpaired) electrons. The number of carbonyl (C=O) groups is 6. The number of hydrogen-bond donors (Lipinski definition) is 2. The summed E-state index contributed by atoms with van der Waals surface area (Å²) >= 11 is 0. The molecule has 0 aromatic heterocycles. The van der Waals surface area contributed by atoms with Gasteiger partial charge in [-0.2, -0.15) is 0 Å². The Balaban J connectivity index is 0.000000344. The zero-order valence-corrected chi connectivity index (χ0v) is 26.3. The summed E-state index contributed by atoms with van der Waals surface area (Å²) in [6.07, 6.45) is 5.81. The predicted octanol–water partition coefficient (Wildman–Crippen LogP) is 1.18. The van der Waals surface area contributed by atoms with Gasteiger partial charge in [0, 0.05) is 62.8 Å². The lowest BCUT2D eigenvalue weighted by Gasteiger charge is -2.35. The van der Waals surface area contributed by atoms with E-state index in [1.165, 1.54) is 22.0 Å². The van der Waals surface area contributed by atoms with Crippen molar-refractivity contribution in [3.05, 3.63) is 48.9 Å². The molecule has 0 aromatic carbocycles. The highest BCUT2D eigenvalue weighted by Gasteiger charge is 2.29. The van der Waals surface area contributed by atoms with Crippen LogP contribution in [0.25, 0.3) is 0 Å². The Hall–Kier alpha value is -4.22. The Labute approximate surface area is 254 Å². The van der Waals surface area contributed by atoms with Gasteiger partial charge >= 0.3 is 0 Å². The molecule has 1 saturated heterocycles. The molecule has 43 heavy (non-hydrogen) atoms. The van der Waals surface area contributed by atoms with E-state index in [1.54, 1.807) is 22.0 Å². The topological polar surface area (TPSA) is 139 Å². The molecular formula is C31H46N6O6. The molecule has 0 unspecified atom stereocenters. The van der Waals surface area contributed by atoms with Gasteiger partial charge in [0.1, 0.15) is 19.5 Å². The van der Waals surface area contributed by atoms with Gasteiger partial charge in [-0.25, -0.2) is 0 Å². The molecular weight excluding hydrogens is 552 g/mol. The van der Waals surface area contributed by atoms with E-state index in [1.807, 2.05) is 41.5 Å². The molecule has 0 atom stereocenters. The third-order valence-corrected chi connectivity index (χ3v) is 6.59. The number of allylic oxidation sites excluding steroid dienone is 2. The molecule has 0 spiro atoms. The van der Waals surface area contributed by atoms with Gasteiger partial charge in [0.2, 0.25) is 23.6 Å². The lowest BCUT2D eigenvalue weighted by atomic mass is 9.97. The Morgan fingerprint density at radius 2 is 1.05 bits per heavy atom. The first-order valence-corrected chi connectivity index (χ1v) is 14.3. The van der Waals surface area contributed by atoms with Gasteiger partial charge in [0.15, 0.2) is 0 Å². The summed E-state index contributed by atoms with van der Waals surface area (Å²) in [5, 5.41) is 5.55. The third-order valence-electron chi connectivity index (χ3n) is 6.59. The summed E-state index contributed by atoms with van der Waals surface area (Å²) in [5.41, 5.74) is 1.07. The van der Waals surface area contributed by atoms with E-state index in [9.17, 15) is 28.8 Å². The highest BCUT2D eigenvalue weighted by molar-refractivity contribution is 5.98. The first-order chi connectivity index (χ1) is 19.9. The molecule has 0 bridgehead atoms. The van der Waals surface area contributed by atoms with E-state index >= 15 is 0 Å². The number of nitrogens with zero attached hydrogens (tertiary/aromatic N) is 4. The van der Waals surface area contributed by atoms with Crippen LogP contribution in [0.4, 0.5) is 0 Å². The maximum atomic E-state index is 12.4. The van der Waals surface area contributed by atoms with Gasteiger partial charge in [-0.05, 0) is 23.0 Å². The van der Waals surface area contributed by atoms with Crippen molar-refractivity contribution in [3.63, 3.8) is 0 Å². The second kappa shape index (κ2) is 14.8. The van der Waals surface area contributed by atoms with Crippen LogP contribution in [0.2, 0.25) is 0 Å². The number of amides is 6. The van der Waals surface area contributed by atoms with E-state index in [4.69, 9.17) is 0 Å². The quantitative estimate of drug-likeness (QED) is 0.403. The summed E-state index contributed by atoms with van der Waals surface area (Å²) < 4.78 is 0. The molecule has 6 amide bonds. The van der Waals surface area contributed by atoms with E-state index < -0.39 is 0 Å². The fraction of sp³-hybridized carbons (Fsp3) is 0.548. The molecule has 236 valence electrons. The molecule has 0 aromatic rings. The van der Waals surface area contributed by atoms with Crippen LogP contribution >= 0.6 is 0 Å². The van der Waals surface area contributed by atoms with Crippen molar-refractivity contribution >= 4 is 35.4 Å². The minimum atomic E-state index is -0.285. The van der Waals surface area contributed by atoms with Crippen molar-refractivity contribution < 1.29 is 28.8 Å². The fourth-order valence-electron chi connectivity index (χ4n) is 4.02. The van der Waals surface area contributed by atoms with Crippen LogP contribution in [0.5, 0.6) is 0 Å². The predicted molar refractivity (Wildman–Crippen MR) is 163 cm³/mol. The number of nitrogens with one attached hydrogen (secondary N) is 2. The minimum absolute atomic E-state index is 0.0394. The molecule has 3 aliphatic heterocycles. The maximum Gasteiger partial charge on any atom is 0.251 e. The minimum Gasteiger partial charge on any atom is -0.355 e. The Bertz CT molecular complexity index is 1160. The molecule has 12 nitrogen and oxygen atoms in total. The number of hydrogen-bond acceptors (Lipinski definition) is 6. The zero-order chi connectivity index (χ0) is 32.5. The van der Waals surface area contributed by atoms with Crippen LogP contribution in [0.1, 0.15) is 48.0 Å². The van der Waals surface area contributed by atoms with Crippen LogP contribution in [0, 0.1) is 10.8 Å².